The lowest BCUT2D eigenvalue weighted by Gasteiger charge is -2.05. The third-order valence-corrected chi connectivity index (χ3v) is 4.15. The fourth-order valence-corrected chi connectivity index (χ4v) is 3.09. The molecule has 0 amide bonds. The van der Waals surface area contributed by atoms with Gasteiger partial charge in [-0.1, -0.05) is 30.0 Å². The van der Waals surface area contributed by atoms with Gasteiger partial charge in [-0.05, 0) is 17.7 Å². The molecule has 20 heavy (non-hydrogen) atoms. The van der Waals surface area contributed by atoms with Crippen LogP contribution in [-0.4, -0.2) is 21.0 Å². The molecule has 0 aliphatic rings. The average molecular weight is 284 g/mol. The van der Waals surface area contributed by atoms with Gasteiger partial charge in [0, 0.05) is 39.3 Å². The molecule has 0 aliphatic heterocycles. The highest BCUT2D eigenvalue weighted by atomic mass is 32.2. The summed E-state index contributed by atoms with van der Waals surface area (Å²) in [6.07, 6.45) is 5.23. The molecule has 2 aromatic heterocycles. The van der Waals surface area contributed by atoms with Crippen molar-refractivity contribution in [3.8, 4) is 0 Å². The molecular formula is C15H12N2O2S. The summed E-state index contributed by atoms with van der Waals surface area (Å²) in [4.78, 5) is 20.1. The Morgan fingerprint density at radius 1 is 1.25 bits per heavy atom. The summed E-state index contributed by atoms with van der Waals surface area (Å²) in [7, 11) is 0. The van der Waals surface area contributed by atoms with Gasteiger partial charge in [0.1, 0.15) is 0 Å². The summed E-state index contributed by atoms with van der Waals surface area (Å²) in [6.45, 7) is 0. The lowest BCUT2D eigenvalue weighted by atomic mass is 10.2. The number of rotatable bonds is 4. The Hall–Kier alpha value is -2.27. The molecule has 0 radical (unpaired) electrons. The van der Waals surface area contributed by atoms with E-state index in [0.29, 0.717) is 0 Å². The highest BCUT2D eigenvalue weighted by Crippen LogP contribution is 2.35. The van der Waals surface area contributed by atoms with Crippen LogP contribution in [0.5, 0.6) is 0 Å². The highest BCUT2D eigenvalue weighted by Gasteiger charge is 2.10. The molecule has 0 spiro atoms. The SMILES string of the molecule is O=C(O)Cc1cnccc1Sc1c[nH]c2ccccc12. The number of para-hydroxylation sites is 1. The minimum atomic E-state index is -0.848. The first kappa shape index (κ1) is 12.7. The summed E-state index contributed by atoms with van der Waals surface area (Å²) >= 11 is 1.56. The van der Waals surface area contributed by atoms with Gasteiger partial charge in [0.05, 0.1) is 6.42 Å². The van der Waals surface area contributed by atoms with Gasteiger partial charge in [-0.15, -0.1) is 0 Å². The smallest absolute Gasteiger partial charge is 0.307 e. The minimum absolute atomic E-state index is 0.0153. The van der Waals surface area contributed by atoms with Crippen molar-refractivity contribution >= 4 is 28.6 Å². The first-order chi connectivity index (χ1) is 9.74. The van der Waals surface area contributed by atoms with E-state index in [1.165, 1.54) is 0 Å². The zero-order chi connectivity index (χ0) is 13.9. The van der Waals surface area contributed by atoms with Crippen LogP contribution in [0.4, 0.5) is 0 Å². The van der Waals surface area contributed by atoms with Crippen LogP contribution < -0.4 is 0 Å². The van der Waals surface area contributed by atoms with Gasteiger partial charge in [-0.3, -0.25) is 9.78 Å². The molecule has 0 unspecified atom stereocenters. The summed E-state index contributed by atoms with van der Waals surface area (Å²) in [5, 5.41) is 10.1. The van der Waals surface area contributed by atoms with Crippen LogP contribution >= 0.6 is 11.8 Å². The second-order valence-electron chi connectivity index (χ2n) is 4.35. The summed E-state index contributed by atoms with van der Waals surface area (Å²) in [5.41, 5.74) is 1.80. The van der Waals surface area contributed by atoms with E-state index in [2.05, 4.69) is 9.97 Å². The number of aromatic amines is 1. The number of carboxylic acids is 1. The predicted octanol–water partition coefficient (Wildman–Crippen LogP) is 3.34. The van der Waals surface area contributed by atoms with Crippen LogP contribution in [0.1, 0.15) is 5.56 Å². The molecule has 0 aliphatic carbocycles. The Morgan fingerprint density at radius 3 is 2.95 bits per heavy atom. The Morgan fingerprint density at radius 2 is 2.10 bits per heavy atom. The minimum Gasteiger partial charge on any atom is -0.481 e. The molecule has 2 heterocycles. The highest BCUT2D eigenvalue weighted by molar-refractivity contribution is 7.99. The Labute approximate surface area is 119 Å². The number of carbonyl (C=O) groups is 1. The van der Waals surface area contributed by atoms with E-state index in [4.69, 9.17) is 5.11 Å². The summed E-state index contributed by atoms with van der Waals surface area (Å²) < 4.78 is 0. The van der Waals surface area contributed by atoms with Crippen molar-refractivity contribution in [2.24, 2.45) is 0 Å². The van der Waals surface area contributed by atoms with Crippen LogP contribution in [0.15, 0.2) is 58.7 Å². The van der Waals surface area contributed by atoms with Crippen molar-refractivity contribution in [2.75, 3.05) is 0 Å². The number of hydrogen-bond donors (Lipinski definition) is 2. The number of aromatic nitrogens is 2. The van der Waals surface area contributed by atoms with Crippen LogP contribution in [0.3, 0.4) is 0 Å². The normalized spacial score (nSPS) is 10.8. The van der Waals surface area contributed by atoms with E-state index in [1.807, 2.05) is 36.5 Å². The van der Waals surface area contributed by atoms with Crippen molar-refractivity contribution in [1.29, 1.82) is 0 Å². The first-order valence-corrected chi connectivity index (χ1v) is 6.94. The molecule has 4 nitrogen and oxygen atoms in total. The van der Waals surface area contributed by atoms with E-state index in [0.717, 1.165) is 26.3 Å². The third-order valence-electron chi connectivity index (χ3n) is 2.97. The first-order valence-electron chi connectivity index (χ1n) is 6.12. The van der Waals surface area contributed by atoms with Gasteiger partial charge in [-0.2, -0.15) is 0 Å². The van der Waals surface area contributed by atoms with E-state index >= 15 is 0 Å². The average Bonchev–Trinajstić information content (AvgIpc) is 2.84. The van der Waals surface area contributed by atoms with E-state index in [1.54, 1.807) is 24.2 Å². The van der Waals surface area contributed by atoms with Gasteiger partial charge in [0.2, 0.25) is 0 Å². The fourth-order valence-electron chi connectivity index (χ4n) is 2.06. The number of fused-ring (bicyclic) bond motifs is 1. The number of carboxylic acid groups (broad SMARTS) is 1. The third kappa shape index (κ3) is 2.53. The number of nitrogens with one attached hydrogen (secondary N) is 1. The monoisotopic (exact) mass is 284 g/mol. The number of nitrogens with zero attached hydrogens (tertiary/aromatic N) is 1. The molecule has 2 N–H and O–H groups in total. The molecule has 1 aromatic carbocycles. The standard InChI is InChI=1S/C15H12N2O2S/c18-15(19)7-10-8-16-6-5-13(10)20-14-9-17-12-4-2-1-3-11(12)14/h1-6,8-9,17H,7H2,(H,18,19). The topological polar surface area (TPSA) is 66.0 Å². The van der Waals surface area contributed by atoms with Gasteiger partial charge < -0.3 is 10.1 Å². The van der Waals surface area contributed by atoms with Gasteiger partial charge >= 0.3 is 5.97 Å². The second kappa shape index (κ2) is 5.38. The molecule has 0 bridgehead atoms. The Balaban J connectivity index is 1.97. The maximum atomic E-state index is 10.9. The zero-order valence-corrected chi connectivity index (χ0v) is 11.4. The lowest BCUT2D eigenvalue weighted by Crippen LogP contribution is -2.01. The summed E-state index contributed by atoms with van der Waals surface area (Å²) in [5.74, 6) is -0.848. The van der Waals surface area contributed by atoms with Crippen molar-refractivity contribution < 1.29 is 9.90 Å². The maximum absolute atomic E-state index is 10.9. The molecular weight excluding hydrogens is 272 g/mol. The number of hydrogen-bond acceptors (Lipinski definition) is 3. The number of H-pyrrole nitrogens is 1. The van der Waals surface area contributed by atoms with Crippen molar-refractivity contribution in [1.82, 2.24) is 9.97 Å². The molecule has 3 aromatic rings. The van der Waals surface area contributed by atoms with Crippen LogP contribution in [0.25, 0.3) is 10.9 Å². The molecule has 100 valence electrons. The molecule has 0 saturated heterocycles. The number of benzene rings is 1. The maximum Gasteiger partial charge on any atom is 0.307 e. The Kier molecular flexibility index (Phi) is 3.43. The molecule has 3 rings (SSSR count). The zero-order valence-electron chi connectivity index (χ0n) is 10.5. The van der Waals surface area contributed by atoms with Gasteiger partial charge in [0.25, 0.3) is 0 Å². The molecule has 0 atom stereocenters. The van der Waals surface area contributed by atoms with Crippen molar-refractivity contribution in [2.45, 2.75) is 16.2 Å². The predicted molar refractivity (Wildman–Crippen MR) is 78.0 cm³/mol. The number of aliphatic carboxylic acids is 1. The van der Waals surface area contributed by atoms with Crippen LogP contribution in [0, 0.1) is 0 Å². The molecule has 5 heteroatoms. The summed E-state index contributed by atoms with van der Waals surface area (Å²) in [6, 6.07) is 9.89. The van der Waals surface area contributed by atoms with E-state index in [-0.39, 0.29) is 6.42 Å². The quantitative estimate of drug-likeness (QED) is 0.771. The van der Waals surface area contributed by atoms with E-state index in [9.17, 15) is 4.79 Å². The van der Waals surface area contributed by atoms with Gasteiger partial charge in [-0.25, -0.2) is 0 Å². The largest absolute Gasteiger partial charge is 0.481 e. The van der Waals surface area contributed by atoms with Gasteiger partial charge in [0.15, 0.2) is 0 Å². The van der Waals surface area contributed by atoms with Crippen molar-refractivity contribution in [3.05, 3.63) is 54.5 Å². The number of pyridine rings is 1. The molecule has 0 saturated carbocycles. The van der Waals surface area contributed by atoms with Crippen LogP contribution in [0.2, 0.25) is 0 Å². The van der Waals surface area contributed by atoms with Crippen LogP contribution in [-0.2, 0) is 11.2 Å². The van der Waals surface area contributed by atoms with Crippen molar-refractivity contribution in [3.63, 3.8) is 0 Å². The second-order valence-corrected chi connectivity index (χ2v) is 5.44. The lowest BCUT2D eigenvalue weighted by molar-refractivity contribution is -0.136. The molecule has 0 fully saturated rings. The van der Waals surface area contributed by atoms with E-state index < -0.39 is 5.97 Å². The Bertz CT molecular complexity index is 767. The fraction of sp³-hybridized carbons (Fsp3) is 0.0667.